The zero-order chi connectivity index (χ0) is 11.2. The predicted molar refractivity (Wildman–Crippen MR) is 49.7 cm³/mol. The third-order valence-corrected chi connectivity index (χ3v) is 2.69. The van der Waals surface area contributed by atoms with Crippen molar-refractivity contribution in [2.75, 3.05) is 7.11 Å². The van der Waals surface area contributed by atoms with Gasteiger partial charge in [-0.2, -0.15) is 4.39 Å². The summed E-state index contributed by atoms with van der Waals surface area (Å²) >= 11 is 0. The highest BCUT2D eigenvalue weighted by Gasteiger charge is 2.43. The Balaban J connectivity index is 2.61. The lowest BCUT2D eigenvalue weighted by Gasteiger charge is -2.14. The first kappa shape index (κ1) is 10.2. The van der Waals surface area contributed by atoms with Crippen LogP contribution in [0.15, 0.2) is 6.07 Å². The first-order chi connectivity index (χ1) is 6.99. The van der Waals surface area contributed by atoms with Crippen LogP contribution in [-0.4, -0.2) is 12.2 Å². The molecule has 1 aliphatic carbocycles. The molecule has 1 aromatic rings. The smallest absolute Gasteiger partial charge is 0.209 e. The van der Waals surface area contributed by atoms with E-state index in [0.29, 0.717) is 12.8 Å². The van der Waals surface area contributed by atoms with E-state index in [1.807, 2.05) is 0 Å². The van der Waals surface area contributed by atoms with Gasteiger partial charge in [0.2, 0.25) is 5.82 Å². The van der Waals surface area contributed by atoms with Crippen LogP contribution in [0.4, 0.5) is 8.78 Å². The van der Waals surface area contributed by atoms with Crippen LogP contribution in [0.5, 0.6) is 11.5 Å². The quantitative estimate of drug-likeness (QED) is 0.788. The second-order valence-electron chi connectivity index (χ2n) is 3.76. The number of halogens is 2. The number of aromatic hydroxyl groups is 1. The maximum absolute atomic E-state index is 13.5. The average molecular weight is 215 g/mol. The van der Waals surface area contributed by atoms with Gasteiger partial charge >= 0.3 is 0 Å². The highest BCUT2D eigenvalue weighted by molar-refractivity contribution is 5.45. The molecule has 3 N–H and O–H groups in total. The number of phenols is 1. The van der Waals surface area contributed by atoms with E-state index in [1.54, 1.807) is 0 Å². The van der Waals surface area contributed by atoms with E-state index in [9.17, 15) is 13.9 Å². The molecule has 0 spiro atoms. The highest BCUT2D eigenvalue weighted by Crippen LogP contribution is 2.47. The molecule has 0 saturated heterocycles. The standard InChI is InChI=1S/C10H11F2NO2/c1-15-6-4-5(10(13)2-3-10)7(11)9(14)8(6)12/h4,14H,2-3,13H2,1H3. The summed E-state index contributed by atoms with van der Waals surface area (Å²) < 4.78 is 31.4. The number of hydrogen-bond acceptors (Lipinski definition) is 3. The Hall–Kier alpha value is -1.36. The maximum Gasteiger partial charge on any atom is 0.209 e. The molecule has 5 heteroatoms. The predicted octanol–water partition coefficient (Wildman–Crippen LogP) is 1.63. The van der Waals surface area contributed by atoms with Gasteiger partial charge in [-0.15, -0.1) is 0 Å². The Bertz CT molecular complexity index is 416. The molecule has 0 radical (unpaired) electrons. The minimum absolute atomic E-state index is 0.109. The van der Waals surface area contributed by atoms with Crippen molar-refractivity contribution in [3.63, 3.8) is 0 Å². The van der Waals surface area contributed by atoms with Gasteiger partial charge < -0.3 is 15.6 Å². The molecular formula is C10H11F2NO2. The van der Waals surface area contributed by atoms with Crippen molar-refractivity contribution in [2.24, 2.45) is 5.73 Å². The molecule has 3 nitrogen and oxygen atoms in total. The largest absolute Gasteiger partial charge is 0.503 e. The molecular weight excluding hydrogens is 204 g/mol. The Morgan fingerprint density at radius 3 is 2.47 bits per heavy atom. The van der Waals surface area contributed by atoms with Crippen molar-refractivity contribution < 1.29 is 18.6 Å². The highest BCUT2D eigenvalue weighted by atomic mass is 19.1. The summed E-state index contributed by atoms with van der Waals surface area (Å²) in [7, 11) is 1.25. The Kier molecular flexibility index (Phi) is 2.08. The number of ether oxygens (including phenoxy) is 1. The number of nitrogens with two attached hydrogens (primary N) is 1. The molecule has 0 atom stereocenters. The van der Waals surface area contributed by atoms with Crippen LogP contribution in [0.25, 0.3) is 0 Å². The number of phenolic OH excluding ortho intramolecular Hbond substituents is 1. The molecule has 82 valence electrons. The van der Waals surface area contributed by atoms with Crippen LogP contribution in [0.3, 0.4) is 0 Å². The fraction of sp³-hybridized carbons (Fsp3) is 0.400. The molecule has 15 heavy (non-hydrogen) atoms. The second-order valence-corrected chi connectivity index (χ2v) is 3.76. The van der Waals surface area contributed by atoms with Crippen molar-refractivity contribution in [1.29, 1.82) is 0 Å². The van der Waals surface area contributed by atoms with E-state index in [0.717, 1.165) is 0 Å². The zero-order valence-electron chi connectivity index (χ0n) is 8.18. The fourth-order valence-electron chi connectivity index (χ4n) is 1.51. The number of rotatable bonds is 2. The third-order valence-electron chi connectivity index (χ3n) is 2.69. The van der Waals surface area contributed by atoms with E-state index in [2.05, 4.69) is 4.74 Å². The molecule has 0 amide bonds. The van der Waals surface area contributed by atoms with Gasteiger partial charge in [0.1, 0.15) is 0 Å². The molecule has 0 heterocycles. The van der Waals surface area contributed by atoms with Crippen LogP contribution in [0.1, 0.15) is 18.4 Å². The minimum atomic E-state index is -1.09. The lowest BCUT2D eigenvalue weighted by atomic mass is 10.0. The lowest BCUT2D eigenvalue weighted by Crippen LogP contribution is -2.20. The molecule has 1 fully saturated rings. The van der Waals surface area contributed by atoms with E-state index in [1.165, 1.54) is 13.2 Å². The maximum atomic E-state index is 13.5. The monoisotopic (exact) mass is 215 g/mol. The van der Waals surface area contributed by atoms with Gasteiger partial charge in [-0.1, -0.05) is 0 Å². The molecule has 0 bridgehead atoms. The van der Waals surface area contributed by atoms with E-state index in [4.69, 9.17) is 5.73 Å². The minimum Gasteiger partial charge on any atom is -0.503 e. The average Bonchev–Trinajstić information content (AvgIpc) is 2.94. The fourth-order valence-corrected chi connectivity index (χ4v) is 1.51. The summed E-state index contributed by atoms with van der Waals surface area (Å²) in [5, 5.41) is 9.20. The van der Waals surface area contributed by atoms with E-state index in [-0.39, 0.29) is 11.3 Å². The summed E-state index contributed by atoms with van der Waals surface area (Å²) in [5.41, 5.74) is 5.12. The number of methoxy groups -OCH3 is 1. The van der Waals surface area contributed by atoms with Crippen molar-refractivity contribution in [3.05, 3.63) is 23.3 Å². The summed E-state index contributed by atoms with van der Waals surface area (Å²) in [6, 6.07) is 1.21. The summed E-state index contributed by atoms with van der Waals surface area (Å²) in [6.07, 6.45) is 1.25. The first-order valence-electron chi connectivity index (χ1n) is 4.54. The third kappa shape index (κ3) is 1.43. The van der Waals surface area contributed by atoms with Gasteiger partial charge in [0.05, 0.1) is 7.11 Å². The summed E-state index contributed by atoms with van der Waals surface area (Å²) in [6.45, 7) is 0. The summed E-state index contributed by atoms with van der Waals surface area (Å²) in [4.78, 5) is 0. The second kappa shape index (κ2) is 3.06. The lowest BCUT2D eigenvalue weighted by molar-refractivity contribution is 0.345. The normalized spacial score (nSPS) is 17.6. The van der Waals surface area contributed by atoms with Crippen molar-refractivity contribution in [1.82, 2.24) is 0 Å². The zero-order valence-corrected chi connectivity index (χ0v) is 8.18. The van der Waals surface area contributed by atoms with Gasteiger partial charge in [-0.05, 0) is 18.9 Å². The van der Waals surface area contributed by atoms with Crippen molar-refractivity contribution >= 4 is 0 Å². The van der Waals surface area contributed by atoms with Gasteiger partial charge in [0.25, 0.3) is 0 Å². The topological polar surface area (TPSA) is 55.5 Å². The first-order valence-corrected chi connectivity index (χ1v) is 4.54. The van der Waals surface area contributed by atoms with Crippen LogP contribution in [0.2, 0.25) is 0 Å². The molecule has 1 saturated carbocycles. The molecule has 0 aliphatic heterocycles. The Labute approximate surface area is 85.5 Å². The van der Waals surface area contributed by atoms with Crippen LogP contribution in [-0.2, 0) is 5.54 Å². The van der Waals surface area contributed by atoms with Gasteiger partial charge in [-0.25, -0.2) is 4.39 Å². The van der Waals surface area contributed by atoms with Crippen LogP contribution < -0.4 is 10.5 Å². The molecule has 1 aromatic carbocycles. The summed E-state index contributed by atoms with van der Waals surface area (Å²) in [5.74, 6) is -3.31. The van der Waals surface area contributed by atoms with Crippen molar-refractivity contribution in [2.45, 2.75) is 18.4 Å². The Morgan fingerprint density at radius 1 is 1.40 bits per heavy atom. The van der Waals surface area contributed by atoms with E-state index >= 15 is 0 Å². The van der Waals surface area contributed by atoms with Crippen LogP contribution in [0, 0.1) is 11.6 Å². The van der Waals surface area contributed by atoms with Crippen LogP contribution >= 0.6 is 0 Å². The molecule has 2 rings (SSSR count). The van der Waals surface area contributed by atoms with Gasteiger partial charge in [0.15, 0.2) is 17.3 Å². The van der Waals surface area contributed by atoms with Gasteiger partial charge in [-0.3, -0.25) is 0 Å². The van der Waals surface area contributed by atoms with E-state index < -0.39 is 22.9 Å². The molecule has 1 aliphatic rings. The molecule has 0 unspecified atom stereocenters. The Morgan fingerprint density at radius 2 is 2.00 bits per heavy atom. The number of benzene rings is 1. The molecule has 0 aromatic heterocycles. The van der Waals surface area contributed by atoms with Crippen molar-refractivity contribution in [3.8, 4) is 11.5 Å². The van der Waals surface area contributed by atoms with Gasteiger partial charge in [0, 0.05) is 11.1 Å². The SMILES string of the molecule is COc1cc(C2(N)CC2)c(F)c(O)c1F. The number of hydrogen-bond donors (Lipinski definition) is 2.